The van der Waals surface area contributed by atoms with Gasteiger partial charge in [0.25, 0.3) is 0 Å². The summed E-state index contributed by atoms with van der Waals surface area (Å²) in [5.41, 5.74) is 6.03. The highest BCUT2D eigenvalue weighted by Crippen LogP contribution is 2.23. The van der Waals surface area contributed by atoms with Crippen molar-refractivity contribution in [2.24, 2.45) is 5.73 Å². The number of nitrogens with zero attached hydrogens (tertiary/aromatic N) is 1. The second kappa shape index (κ2) is 5.20. The van der Waals surface area contributed by atoms with Crippen LogP contribution in [0.15, 0.2) is 18.2 Å². The van der Waals surface area contributed by atoms with E-state index in [9.17, 15) is 0 Å². The number of hydrogen-bond donors (Lipinski definition) is 1. The van der Waals surface area contributed by atoms with Gasteiger partial charge in [-0.3, -0.25) is 0 Å². The molecule has 86 valence electrons. The van der Waals surface area contributed by atoms with Crippen molar-refractivity contribution >= 4 is 11.6 Å². The monoisotopic (exact) mass is 238 g/mol. The quantitative estimate of drug-likeness (QED) is 0.878. The first-order chi connectivity index (χ1) is 7.48. The molecule has 0 aliphatic rings. The summed E-state index contributed by atoms with van der Waals surface area (Å²) in [5.74, 6) is 0.486. The molecule has 0 aliphatic heterocycles. The molecule has 0 heterocycles. The predicted molar refractivity (Wildman–Crippen MR) is 64.5 cm³/mol. The van der Waals surface area contributed by atoms with Gasteiger partial charge in [0, 0.05) is 16.6 Å². The molecule has 1 aromatic rings. The van der Waals surface area contributed by atoms with Crippen molar-refractivity contribution in [3.05, 3.63) is 28.8 Å². The molecule has 1 atom stereocenters. The van der Waals surface area contributed by atoms with Crippen LogP contribution in [0.2, 0.25) is 5.02 Å². The van der Waals surface area contributed by atoms with Crippen molar-refractivity contribution in [2.75, 3.05) is 6.61 Å². The maximum Gasteiger partial charge on any atom is 0.138 e. The van der Waals surface area contributed by atoms with Crippen LogP contribution in [0.3, 0.4) is 0 Å². The van der Waals surface area contributed by atoms with Gasteiger partial charge >= 0.3 is 0 Å². The first-order valence-electron chi connectivity index (χ1n) is 5.10. The summed E-state index contributed by atoms with van der Waals surface area (Å²) in [5, 5.41) is 9.44. The average molecular weight is 239 g/mol. The topological polar surface area (TPSA) is 59.0 Å². The highest BCUT2D eigenvalue weighted by atomic mass is 35.5. The zero-order valence-corrected chi connectivity index (χ0v) is 10.2. The minimum atomic E-state index is -0.394. The highest BCUT2D eigenvalue weighted by molar-refractivity contribution is 6.30. The molecule has 0 radical (unpaired) electrons. The Morgan fingerprint density at radius 2 is 2.25 bits per heavy atom. The Labute approximate surface area is 101 Å². The summed E-state index contributed by atoms with van der Waals surface area (Å²) in [4.78, 5) is 0. The third-order valence-corrected chi connectivity index (χ3v) is 2.66. The molecule has 0 saturated heterocycles. The average Bonchev–Trinajstić information content (AvgIpc) is 2.27. The highest BCUT2D eigenvalue weighted by Gasteiger charge is 2.17. The van der Waals surface area contributed by atoms with Gasteiger partial charge in [0.2, 0.25) is 0 Å². The van der Waals surface area contributed by atoms with Gasteiger partial charge in [0.05, 0.1) is 5.56 Å². The van der Waals surface area contributed by atoms with E-state index in [4.69, 9.17) is 27.3 Å². The molecule has 0 fully saturated rings. The van der Waals surface area contributed by atoms with Crippen LogP contribution in [0.4, 0.5) is 0 Å². The van der Waals surface area contributed by atoms with Crippen molar-refractivity contribution < 1.29 is 4.74 Å². The van der Waals surface area contributed by atoms with Crippen molar-refractivity contribution in [2.45, 2.75) is 25.8 Å². The summed E-state index contributed by atoms with van der Waals surface area (Å²) < 4.78 is 5.53. The van der Waals surface area contributed by atoms with Gasteiger partial charge in [0.15, 0.2) is 0 Å². The lowest BCUT2D eigenvalue weighted by Gasteiger charge is -2.23. The Balaban J connectivity index is 2.81. The smallest absolute Gasteiger partial charge is 0.138 e. The minimum Gasteiger partial charge on any atom is -0.490 e. The van der Waals surface area contributed by atoms with E-state index in [1.807, 2.05) is 13.8 Å². The molecule has 0 aliphatic carbocycles. The fourth-order valence-corrected chi connectivity index (χ4v) is 1.21. The maximum atomic E-state index is 8.89. The normalized spacial score (nSPS) is 13.9. The summed E-state index contributed by atoms with van der Waals surface area (Å²) in [7, 11) is 0. The molecular formula is C12H15ClN2O. The molecule has 0 bridgehead atoms. The van der Waals surface area contributed by atoms with E-state index in [-0.39, 0.29) is 0 Å². The number of nitriles is 1. The van der Waals surface area contributed by atoms with Crippen LogP contribution in [0.5, 0.6) is 5.75 Å². The molecule has 16 heavy (non-hydrogen) atoms. The van der Waals surface area contributed by atoms with E-state index in [0.29, 0.717) is 22.9 Å². The summed E-state index contributed by atoms with van der Waals surface area (Å²) >= 11 is 5.84. The Morgan fingerprint density at radius 3 is 2.81 bits per heavy atom. The molecule has 0 saturated carbocycles. The van der Waals surface area contributed by atoms with E-state index in [1.165, 1.54) is 0 Å². The number of benzene rings is 1. The number of rotatable bonds is 4. The van der Waals surface area contributed by atoms with Gasteiger partial charge in [-0.05, 0) is 25.5 Å². The van der Waals surface area contributed by atoms with Crippen molar-refractivity contribution in [3.63, 3.8) is 0 Å². The predicted octanol–water partition coefficient (Wildman–Crippen LogP) is 2.72. The van der Waals surface area contributed by atoms with E-state index < -0.39 is 5.54 Å². The molecule has 2 N–H and O–H groups in total. The van der Waals surface area contributed by atoms with E-state index in [2.05, 4.69) is 6.07 Å². The van der Waals surface area contributed by atoms with Gasteiger partial charge in [-0.15, -0.1) is 0 Å². The standard InChI is InChI=1S/C12H15ClN2O/c1-3-12(2,15)8-16-11-6-10(13)5-4-9(11)7-14/h4-6H,3,8,15H2,1-2H3. The van der Waals surface area contributed by atoms with Crippen LogP contribution >= 0.6 is 11.6 Å². The fraction of sp³-hybridized carbons (Fsp3) is 0.417. The number of ether oxygens (including phenoxy) is 1. The lowest BCUT2D eigenvalue weighted by atomic mass is 10.0. The molecule has 0 aromatic heterocycles. The molecule has 4 heteroatoms. The first-order valence-corrected chi connectivity index (χ1v) is 5.47. The van der Waals surface area contributed by atoms with Gasteiger partial charge in [-0.2, -0.15) is 5.26 Å². The van der Waals surface area contributed by atoms with Gasteiger partial charge in [-0.1, -0.05) is 18.5 Å². The van der Waals surface area contributed by atoms with Crippen molar-refractivity contribution in [3.8, 4) is 11.8 Å². The molecule has 1 unspecified atom stereocenters. The third-order valence-electron chi connectivity index (χ3n) is 2.43. The lowest BCUT2D eigenvalue weighted by Crippen LogP contribution is -2.41. The van der Waals surface area contributed by atoms with Crippen molar-refractivity contribution in [1.29, 1.82) is 5.26 Å². The van der Waals surface area contributed by atoms with Gasteiger partial charge in [-0.25, -0.2) is 0 Å². The summed E-state index contributed by atoms with van der Waals surface area (Å²) in [6.07, 6.45) is 0.801. The third kappa shape index (κ3) is 3.41. The molecule has 3 nitrogen and oxygen atoms in total. The van der Waals surface area contributed by atoms with Crippen LogP contribution in [-0.4, -0.2) is 12.1 Å². The SMILES string of the molecule is CCC(C)(N)COc1cc(Cl)ccc1C#N. The Kier molecular flexibility index (Phi) is 4.17. The van der Waals surface area contributed by atoms with E-state index in [0.717, 1.165) is 6.42 Å². The Hall–Kier alpha value is -1.24. The second-order valence-electron chi connectivity index (χ2n) is 4.05. The van der Waals surface area contributed by atoms with Gasteiger partial charge < -0.3 is 10.5 Å². The molecule has 0 spiro atoms. The maximum absolute atomic E-state index is 8.89. The Bertz CT molecular complexity index is 410. The van der Waals surface area contributed by atoms with Crippen LogP contribution in [0, 0.1) is 11.3 Å². The molecule has 1 rings (SSSR count). The zero-order chi connectivity index (χ0) is 12.2. The molecule has 1 aromatic carbocycles. The summed E-state index contributed by atoms with van der Waals surface area (Å²) in [6.45, 7) is 4.26. The number of hydrogen-bond acceptors (Lipinski definition) is 3. The number of halogens is 1. The van der Waals surface area contributed by atoms with Crippen LogP contribution in [0.25, 0.3) is 0 Å². The van der Waals surface area contributed by atoms with Gasteiger partial charge in [0.1, 0.15) is 18.4 Å². The van der Waals surface area contributed by atoms with Crippen molar-refractivity contribution in [1.82, 2.24) is 0 Å². The minimum absolute atomic E-state index is 0.360. The lowest BCUT2D eigenvalue weighted by molar-refractivity contribution is 0.225. The van der Waals surface area contributed by atoms with E-state index in [1.54, 1.807) is 18.2 Å². The van der Waals surface area contributed by atoms with E-state index >= 15 is 0 Å². The molecular weight excluding hydrogens is 224 g/mol. The second-order valence-corrected chi connectivity index (χ2v) is 4.48. The fourth-order valence-electron chi connectivity index (χ4n) is 1.05. The van der Waals surface area contributed by atoms with Crippen LogP contribution in [-0.2, 0) is 0 Å². The van der Waals surface area contributed by atoms with Crippen LogP contribution < -0.4 is 10.5 Å². The summed E-state index contributed by atoms with van der Waals surface area (Å²) in [6, 6.07) is 6.98. The largest absolute Gasteiger partial charge is 0.490 e. The van der Waals surface area contributed by atoms with Crippen LogP contribution in [0.1, 0.15) is 25.8 Å². The molecule has 0 amide bonds. The Morgan fingerprint density at radius 1 is 1.56 bits per heavy atom. The zero-order valence-electron chi connectivity index (χ0n) is 9.46. The first kappa shape index (κ1) is 12.8. The number of nitrogens with two attached hydrogens (primary N) is 1.